The Hall–Kier alpha value is -0.520. The van der Waals surface area contributed by atoms with Gasteiger partial charge in [-0.3, -0.25) is 4.55 Å². The first-order chi connectivity index (χ1) is 7.46. The van der Waals surface area contributed by atoms with Crippen molar-refractivity contribution in [3.8, 4) is 0 Å². The Morgan fingerprint density at radius 2 is 1.82 bits per heavy atom. The molecule has 1 aliphatic rings. The fourth-order valence-electron chi connectivity index (χ4n) is 0.885. The minimum Gasteiger partial charge on any atom is -0.371 e. The van der Waals surface area contributed by atoms with E-state index in [2.05, 4.69) is 9.47 Å². The molecule has 0 radical (unpaired) electrons. The normalized spacial score (nSPS) is 23.5. The van der Waals surface area contributed by atoms with Gasteiger partial charge in [-0.05, 0) is 0 Å². The van der Waals surface area contributed by atoms with Crippen LogP contribution in [0.2, 0.25) is 0 Å². The highest BCUT2D eigenvalue weighted by Crippen LogP contribution is 2.38. The van der Waals surface area contributed by atoms with E-state index in [-0.39, 0.29) is 6.61 Å². The Kier molecular flexibility index (Phi) is 3.68. The number of halogens is 5. The summed E-state index contributed by atoms with van der Waals surface area (Å²) in [6.07, 6.45) is -10.3. The molecule has 1 saturated heterocycles. The van der Waals surface area contributed by atoms with Crippen LogP contribution in [0.25, 0.3) is 0 Å². The Morgan fingerprint density at radius 1 is 1.35 bits per heavy atom. The van der Waals surface area contributed by atoms with Crippen LogP contribution in [0.1, 0.15) is 0 Å². The molecule has 0 bridgehead atoms. The van der Waals surface area contributed by atoms with Crippen LogP contribution in [-0.4, -0.2) is 49.8 Å². The highest BCUT2D eigenvalue weighted by Gasteiger charge is 2.64. The maximum atomic E-state index is 12.8. The fourth-order valence-corrected chi connectivity index (χ4v) is 1.36. The van der Waals surface area contributed by atoms with Crippen LogP contribution in [0.15, 0.2) is 0 Å². The molecular weight excluding hydrogens is 279 g/mol. The number of rotatable bonds is 5. The van der Waals surface area contributed by atoms with E-state index in [9.17, 15) is 30.4 Å². The van der Waals surface area contributed by atoms with E-state index >= 15 is 0 Å². The van der Waals surface area contributed by atoms with Gasteiger partial charge in [0, 0.05) is 0 Å². The van der Waals surface area contributed by atoms with E-state index in [0.29, 0.717) is 0 Å². The third kappa shape index (κ3) is 3.47. The molecule has 1 heterocycles. The highest BCUT2D eigenvalue weighted by molar-refractivity contribution is 7.86. The van der Waals surface area contributed by atoms with E-state index in [1.807, 2.05) is 0 Å². The molecule has 0 saturated carbocycles. The summed E-state index contributed by atoms with van der Waals surface area (Å²) >= 11 is 0. The Morgan fingerprint density at radius 3 is 2.12 bits per heavy atom. The zero-order valence-corrected chi connectivity index (χ0v) is 8.76. The minimum atomic E-state index is -6.23. The van der Waals surface area contributed by atoms with Crippen molar-refractivity contribution in [2.75, 3.05) is 13.2 Å². The molecule has 2 unspecified atom stereocenters. The van der Waals surface area contributed by atoms with Gasteiger partial charge in [0.1, 0.15) is 6.10 Å². The quantitative estimate of drug-likeness (QED) is 0.460. The molecule has 0 aromatic rings. The van der Waals surface area contributed by atoms with Crippen molar-refractivity contribution >= 4 is 10.1 Å². The first-order valence-electron chi connectivity index (χ1n) is 4.11. The zero-order valence-electron chi connectivity index (χ0n) is 7.95. The molecule has 17 heavy (non-hydrogen) atoms. The third-order valence-corrected chi connectivity index (χ3v) is 2.70. The van der Waals surface area contributed by atoms with Crippen molar-refractivity contribution in [1.82, 2.24) is 0 Å². The summed E-state index contributed by atoms with van der Waals surface area (Å²) in [5.74, 6) is 0. The van der Waals surface area contributed by atoms with E-state index < -0.39 is 40.4 Å². The van der Waals surface area contributed by atoms with Crippen LogP contribution in [0.3, 0.4) is 0 Å². The maximum Gasteiger partial charge on any atom is 0.421 e. The van der Waals surface area contributed by atoms with Gasteiger partial charge in [0.05, 0.1) is 13.2 Å². The van der Waals surface area contributed by atoms with Crippen molar-refractivity contribution in [2.45, 2.75) is 23.6 Å². The lowest BCUT2D eigenvalue weighted by Crippen LogP contribution is -2.51. The van der Waals surface area contributed by atoms with Crippen LogP contribution in [0, 0.1) is 0 Å². The molecule has 1 rings (SSSR count). The predicted molar refractivity (Wildman–Crippen MR) is 42.0 cm³/mol. The highest BCUT2D eigenvalue weighted by atomic mass is 32.2. The average Bonchev–Trinajstić information content (AvgIpc) is 2.82. The monoisotopic (exact) mass is 286 g/mol. The fraction of sp³-hybridized carbons (Fsp3) is 1.00. The van der Waals surface area contributed by atoms with Gasteiger partial charge >= 0.3 is 21.5 Å². The number of ether oxygens (including phenoxy) is 2. The molecule has 0 aromatic heterocycles. The second-order valence-corrected chi connectivity index (χ2v) is 4.74. The maximum absolute atomic E-state index is 12.8. The molecule has 102 valence electrons. The molecule has 0 spiro atoms. The smallest absolute Gasteiger partial charge is 0.371 e. The lowest BCUT2D eigenvalue weighted by Gasteiger charge is -2.26. The van der Waals surface area contributed by atoms with Gasteiger partial charge in [0.15, 0.2) is 0 Å². The molecule has 1 aliphatic heterocycles. The molecule has 0 amide bonds. The standard InChI is InChI=1S/C6H7F5O5S/c7-5(8,9)4(16-2-3-1-15-3)6(10,11)17(12,13)14/h3-4H,1-2H2,(H,12,13,14). The van der Waals surface area contributed by atoms with Crippen LogP contribution >= 0.6 is 0 Å². The molecule has 0 aliphatic carbocycles. The largest absolute Gasteiger partial charge is 0.421 e. The SMILES string of the molecule is O=S(=O)(O)C(F)(F)C(OCC1CO1)C(F)(F)F. The predicted octanol–water partition coefficient (Wildman–Crippen LogP) is 0.813. The summed E-state index contributed by atoms with van der Waals surface area (Å²) in [6, 6.07) is 0. The summed E-state index contributed by atoms with van der Waals surface area (Å²) in [5, 5.41) is -5.47. The first kappa shape index (κ1) is 14.5. The second-order valence-electron chi connectivity index (χ2n) is 3.25. The topological polar surface area (TPSA) is 76.1 Å². The van der Waals surface area contributed by atoms with Gasteiger partial charge in [-0.1, -0.05) is 0 Å². The number of hydrogen-bond donors (Lipinski definition) is 1. The molecule has 1 N–H and O–H groups in total. The molecular formula is C6H7F5O5S. The Labute approximate surface area is 92.2 Å². The lowest BCUT2D eigenvalue weighted by atomic mass is 10.3. The summed E-state index contributed by atoms with van der Waals surface area (Å²) in [4.78, 5) is 0. The lowest BCUT2D eigenvalue weighted by molar-refractivity contribution is -0.265. The van der Waals surface area contributed by atoms with Gasteiger partial charge in [0.2, 0.25) is 6.10 Å². The van der Waals surface area contributed by atoms with Crippen molar-refractivity contribution in [1.29, 1.82) is 0 Å². The average molecular weight is 286 g/mol. The van der Waals surface area contributed by atoms with Crippen LogP contribution in [-0.2, 0) is 19.6 Å². The summed E-state index contributed by atoms with van der Waals surface area (Å²) in [6.45, 7) is -0.794. The summed E-state index contributed by atoms with van der Waals surface area (Å²) < 4.78 is 98.9. The van der Waals surface area contributed by atoms with Crippen molar-refractivity contribution in [3.63, 3.8) is 0 Å². The van der Waals surface area contributed by atoms with Crippen LogP contribution in [0.5, 0.6) is 0 Å². The number of alkyl halides is 5. The van der Waals surface area contributed by atoms with E-state index in [1.54, 1.807) is 0 Å². The van der Waals surface area contributed by atoms with E-state index in [0.717, 1.165) is 0 Å². The summed E-state index contributed by atoms with van der Waals surface area (Å²) in [5.41, 5.74) is 0. The van der Waals surface area contributed by atoms with Gasteiger partial charge in [-0.2, -0.15) is 30.4 Å². The number of epoxide rings is 1. The minimum absolute atomic E-state index is 0.0437. The van der Waals surface area contributed by atoms with Crippen LogP contribution < -0.4 is 0 Å². The van der Waals surface area contributed by atoms with Crippen molar-refractivity contribution in [3.05, 3.63) is 0 Å². The van der Waals surface area contributed by atoms with Gasteiger partial charge in [-0.15, -0.1) is 0 Å². The van der Waals surface area contributed by atoms with E-state index in [1.165, 1.54) is 0 Å². The molecule has 1 fully saturated rings. The first-order valence-corrected chi connectivity index (χ1v) is 5.55. The van der Waals surface area contributed by atoms with Crippen molar-refractivity contribution in [2.24, 2.45) is 0 Å². The molecule has 5 nitrogen and oxygen atoms in total. The number of hydrogen-bond acceptors (Lipinski definition) is 4. The zero-order chi connectivity index (χ0) is 13.5. The summed E-state index contributed by atoms with van der Waals surface area (Å²) in [7, 11) is -6.23. The molecule has 2 atom stereocenters. The van der Waals surface area contributed by atoms with Crippen LogP contribution in [0.4, 0.5) is 22.0 Å². The third-order valence-electron chi connectivity index (χ3n) is 1.80. The van der Waals surface area contributed by atoms with Crippen molar-refractivity contribution < 1.29 is 44.4 Å². The second kappa shape index (κ2) is 4.30. The molecule has 0 aromatic carbocycles. The van der Waals surface area contributed by atoms with Gasteiger partial charge in [-0.25, -0.2) is 0 Å². The molecule has 11 heteroatoms. The van der Waals surface area contributed by atoms with Gasteiger partial charge < -0.3 is 9.47 Å². The Balaban J connectivity index is 2.88. The van der Waals surface area contributed by atoms with E-state index in [4.69, 9.17) is 4.55 Å². The van der Waals surface area contributed by atoms with Gasteiger partial charge in [0.25, 0.3) is 0 Å². The Bertz CT molecular complexity index is 373.